The zero-order valence-electron chi connectivity index (χ0n) is 17.5. The zero-order valence-corrected chi connectivity index (χ0v) is 18.3. The molecule has 0 bridgehead atoms. The van der Waals surface area contributed by atoms with Crippen molar-refractivity contribution in [3.63, 3.8) is 0 Å². The second-order valence-corrected chi connectivity index (χ2v) is 8.40. The third-order valence-corrected chi connectivity index (χ3v) is 5.90. The van der Waals surface area contributed by atoms with Gasteiger partial charge in [-0.05, 0) is 49.3 Å². The topological polar surface area (TPSA) is 39.1 Å². The lowest BCUT2D eigenvalue weighted by Gasteiger charge is -2.38. The summed E-state index contributed by atoms with van der Waals surface area (Å²) in [6.07, 6.45) is 2.46. The van der Waals surface area contributed by atoms with Gasteiger partial charge in [-0.2, -0.15) is 5.10 Å². The Morgan fingerprint density at radius 3 is 2.47 bits per heavy atom. The van der Waals surface area contributed by atoms with Gasteiger partial charge in [0.25, 0.3) is 0 Å². The Balaban J connectivity index is 1.37. The monoisotopic (exact) mass is 422 g/mol. The van der Waals surface area contributed by atoms with Crippen LogP contribution in [0.25, 0.3) is 6.08 Å². The summed E-state index contributed by atoms with van der Waals surface area (Å²) in [5, 5.41) is 6.98. The van der Waals surface area contributed by atoms with Crippen LogP contribution in [-0.2, 0) is 4.79 Å². The van der Waals surface area contributed by atoms with E-state index in [0.29, 0.717) is 13.1 Å². The van der Waals surface area contributed by atoms with Crippen LogP contribution in [0.1, 0.15) is 24.5 Å². The van der Waals surface area contributed by atoms with Crippen LogP contribution in [0.15, 0.2) is 59.2 Å². The van der Waals surface area contributed by atoms with E-state index < -0.39 is 0 Å². The van der Waals surface area contributed by atoms with Gasteiger partial charge in [0, 0.05) is 36.9 Å². The minimum atomic E-state index is 0.0521. The minimum absolute atomic E-state index is 0.0521. The van der Waals surface area contributed by atoms with Gasteiger partial charge in [0.2, 0.25) is 5.91 Å². The maximum Gasteiger partial charge on any atom is 0.248 e. The third kappa shape index (κ3) is 4.91. The van der Waals surface area contributed by atoms with E-state index in [9.17, 15) is 4.79 Å². The standard InChI is InChI=1S/C24H27ClN4O/c1-18-6-8-20(9-7-18)14-21-15-24(30)29(26-19(21)2)17-27-10-12-28(13-11-27)23-5-3-4-22(25)16-23/h3-9,14,16H,10-13,15,17H2,1-2H3/b21-14+. The number of anilines is 1. The SMILES string of the molecule is CC1=NN(CN2CCN(c3cccc(Cl)c3)CC2)C(=O)C/C1=C\c1ccc(C)cc1. The number of rotatable bonds is 4. The molecule has 2 aromatic carbocycles. The zero-order chi connectivity index (χ0) is 21.1. The number of hydrogen-bond acceptors (Lipinski definition) is 4. The van der Waals surface area contributed by atoms with Crippen molar-refractivity contribution in [2.75, 3.05) is 37.7 Å². The second-order valence-electron chi connectivity index (χ2n) is 7.96. The molecule has 30 heavy (non-hydrogen) atoms. The quantitative estimate of drug-likeness (QED) is 0.732. The van der Waals surface area contributed by atoms with Gasteiger partial charge < -0.3 is 4.90 Å². The van der Waals surface area contributed by atoms with Crippen molar-refractivity contribution < 1.29 is 4.79 Å². The molecule has 0 spiro atoms. The number of carbonyl (C=O) groups is 1. The fraction of sp³-hybridized carbons (Fsp3) is 0.333. The van der Waals surface area contributed by atoms with Crippen LogP contribution in [0, 0.1) is 6.92 Å². The summed E-state index contributed by atoms with van der Waals surface area (Å²) in [6.45, 7) is 8.18. The highest BCUT2D eigenvalue weighted by Gasteiger charge is 2.26. The molecular formula is C24H27ClN4O. The Hall–Kier alpha value is -2.63. The Morgan fingerprint density at radius 1 is 1.03 bits per heavy atom. The van der Waals surface area contributed by atoms with E-state index in [0.717, 1.165) is 53.7 Å². The summed E-state index contributed by atoms with van der Waals surface area (Å²) >= 11 is 6.12. The fourth-order valence-electron chi connectivity index (χ4n) is 3.82. The molecule has 4 rings (SSSR count). The molecule has 2 heterocycles. The second kappa shape index (κ2) is 9.02. The number of halogens is 1. The highest BCUT2D eigenvalue weighted by molar-refractivity contribution is 6.30. The van der Waals surface area contributed by atoms with Gasteiger partial charge in [0.05, 0.1) is 18.8 Å². The molecule has 2 aliphatic heterocycles. The van der Waals surface area contributed by atoms with Gasteiger partial charge in [0.1, 0.15) is 0 Å². The number of carbonyl (C=O) groups excluding carboxylic acids is 1. The average Bonchev–Trinajstić information content (AvgIpc) is 2.74. The molecule has 1 saturated heterocycles. The van der Waals surface area contributed by atoms with E-state index in [2.05, 4.69) is 58.2 Å². The number of benzene rings is 2. The summed E-state index contributed by atoms with van der Waals surface area (Å²) in [4.78, 5) is 17.3. The van der Waals surface area contributed by atoms with E-state index in [1.807, 2.05) is 25.1 Å². The van der Waals surface area contributed by atoms with Crippen molar-refractivity contribution in [2.45, 2.75) is 20.3 Å². The van der Waals surface area contributed by atoms with Gasteiger partial charge >= 0.3 is 0 Å². The molecule has 1 amide bonds. The van der Waals surface area contributed by atoms with Crippen molar-refractivity contribution in [3.8, 4) is 0 Å². The van der Waals surface area contributed by atoms with Gasteiger partial charge in [-0.25, -0.2) is 5.01 Å². The van der Waals surface area contributed by atoms with E-state index in [4.69, 9.17) is 11.6 Å². The van der Waals surface area contributed by atoms with E-state index in [1.165, 1.54) is 5.56 Å². The molecule has 0 atom stereocenters. The van der Waals surface area contributed by atoms with Gasteiger partial charge in [0.15, 0.2) is 0 Å². The molecule has 2 aromatic rings. The van der Waals surface area contributed by atoms with E-state index in [1.54, 1.807) is 5.01 Å². The molecule has 156 valence electrons. The normalized spacial score (nSPS) is 19.4. The first-order valence-corrected chi connectivity index (χ1v) is 10.7. The van der Waals surface area contributed by atoms with Gasteiger partial charge in [-0.15, -0.1) is 0 Å². The minimum Gasteiger partial charge on any atom is -0.369 e. The number of hydrazone groups is 1. The highest BCUT2D eigenvalue weighted by Crippen LogP contribution is 2.22. The molecule has 0 aliphatic carbocycles. The number of hydrogen-bond donors (Lipinski definition) is 0. The number of piperazine rings is 1. The Bertz CT molecular complexity index is 975. The first-order valence-electron chi connectivity index (χ1n) is 10.3. The first kappa shape index (κ1) is 20.6. The van der Waals surface area contributed by atoms with Gasteiger partial charge in [-0.1, -0.05) is 47.5 Å². The molecule has 6 heteroatoms. The van der Waals surface area contributed by atoms with Crippen molar-refractivity contribution in [2.24, 2.45) is 5.10 Å². The predicted molar refractivity (Wildman–Crippen MR) is 124 cm³/mol. The van der Waals surface area contributed by atoms with Crippen LogP contribution in [0.4, 0.5) is 5.69 Å². The lowest BCUT2D eigenvalue weighted by molar-refractivity contribution is -0.133. The van der Waals surface area contributed by atoms with E-state index in [-0.39, 0.29) is 5.91 Å². The van der Waals surface area contributed by atoms with Crippen LogP contribution >= 0.6 is 11.6 Å². The third-order valence-electron chi connectivity index (χ3n) is 5.66. The molecule has 0 aromatic heterocycles. The lowest BCUT2D eigenvalue weighted by atomic mass is 10.0. The van der Waals surface area contributed by atoms with Gasteiger partial charge in [-0.3, -0.25) is 9.69 Å². The summed E-state index contributed by atoms with van der Waals surface area (Å²) in [7, 11) is 0. The van der Waals surface area contributed by atoms with Crippen molar-refractivity contribution >= 4 is 35.0 Å². The molecule has 5 nitrogen and oxygen atoms in total. The summed E-state index contributed by atoms with van der Waals surface area (Å²) in [5.74, 6) is 0.0521. The number of aryl methyl sites for hydroxylation is 1. The summed E-state index contributed by atoms with van der Waals surface area (Å²) in [5.41, 5.74) is 5.38. The summed E-state index contributed by atoms with van der Waals surface area (Å²) < 4.78 is 0. The predicted octanol–water partition coefficient (Wildman–Crippen LogP) is 4.42. The van der Waals surface area contributed by atoms with Crippen molar-refractivity contribution in [1.29, 1.82) is 0 Å². The molecule has 2 aliphatic rings. The maximum absolute atomic E-state index is 12.7. The molecule has 1 fully saturated rings. The molecule has 0 saturated carbocycles. The molecular weight excluding hydrogens is 396 g/mol. The lowest BCUT2D eigenvalue weighted by Crippen LogP contribution is -2.50. The molecule has 0 N–H and O–H groups in total. The van der Waals surface area contributed by atoms with Crippen molar-refractivity contribution in [3.05, 3.63) is 70.3 Å². The Kier molecular flexibility index (Phi) is 6.21. The van der Waals surface area contributed by atoms with Crippen LogP contribution in [0.3, 0.4) is 0 Å². The smallest absolute Gasteiger partial charge is 0.248 e. The Labute approximate surface area is 183 Å². The maximum atomic E-state index is 12.7. The summed E-state index contributed by atoms with van der Waals surface area (Å²) in [6, 6.07) is 16.3. The first-order chi connectivity index (χ1) is 14.5. The molecule has 0 unspecified atom stereocenters. The van der Waals surface area contributed by atoms with Crippen LogP contribution < -0.4 is 4.90 Å². The number of amides is 1. The number of nitrogens with zero attached hydrogens (tertiary/aromatic N) is 4. The molecule has 0 radical (unpaired) electrons. The van der Waals surface area contributed by atoms with Crippen LogP contribution in [0.5, 0.6) is 0 Å². The highest BCUT2D eigenvalue weighted by atomic mass is 35.5. The van der Waals surface area contributed by atoms with Crippen LogP contribution in [0.2, 0.25) is 5.02 Å². The average molecular weight is 423 g/mol. The fourth-order valence-corrected chi connectivity index (χ4v) is 4.01. The van der Waals surface area contributed by atoms with E-state index >= 15 is 0 Å². The van der Waals surface area contributed by atoms with Crippen molar-refractivity contribution in [1.82, 2.24) is 9.91 Å². The largest absolute Gasteiger partial charge is 0.369 e. The van der Waals surface area contributed by atoms with Crippen LogP contribution in [-0.4, -0.2) is 54.4 Å². The Morgan fingerprint density at radius 2 is 1.77 bits per heavy atom.